The van der Waals surface area contributed by atoms with E-state index in [1.54, 1.807) is 6.92 Å². The van der Waals surface area contributed by atoms with Crippen LogP contribution in [0.3, 0.4) is 0 Å². The fourth-order valence-corrected chi connectivity index (χ4v) is 5.92. The minimum absolute atomic E-state index is 0.0239. The lowest BCUT2D eigenvalue weighted by Gasteiger charge is -2.45. The van der Waals surface area contributed by atoms with E-state index >= 15 is 0 Å². The van der Waals surface area contributed by atoms with Crippen LogP contribution in [0.2, 0.25) is 0 Å². The molecule has 2 aliphatic rings. The molecule has 1 aliphatic carbocycles. The molecule has 2 aromatic rings. The van der Waals surface area contributed by atoms with Crippen LogP contribution < -0.4 is 0 Å². The number of oxime groups is 1. The molecule has 1 saturated carbocycles. The van der Waals surface area contributed by atoms with Gasteiger partial charge in [-0.05, 0) is 55.7 Å². The smallest absolute Gasteiger partial charge is 0.338 e. The van der Waals surface area contributed by atoms with E-state index in [2.05, 4.69) is 30.1 Å². The maximum absolute atomic E-state index is 12.4. The molecular formula is C27H32N2O4. The fraction of sp³-hybridized carbons (Fsp3) is 0.444. The van der Waals surface area contributed by atoms with Crippen molar-refractivity contribution < 1.29 is 19.8 Å². The lowest BCUT2D eigenvalue weighted by molar-refractivity contribution is -0.160. The summed E-state index contributed by atoms with van der Waals surface area (Å²) < 4.78 is 5.47. The molecule has 2 fully saturated rings. The largest absolute Gasteiger partial charge is 0.460 e. The summed E-state index contributed by atoms with van der Waals surface area (Å²) in [5.41, 5.74) is 2.67. The van der Waals surface area contributed by atoms with E-state index in [9.17, 15) is 15.1 Å². The van der Waals surface area contributed by atoms with E-state index in [0.29, 0.717) is 18.1 Å². The second-order valence-electron chi connectivity index (χ2n) is 9.45. The van der Waals surface area contributed by atoms with Crippen LogP contribution >= 0.6 is 0 Å². The van der Waals surface area contributed by atoms with Crippen molar-refractivity contribution in [2.24, 2.45) is 28.8 Å². The van der Waals surface area contributed by atoms with Crippen LogP contribution in [0.15, 0.2) is 53.8 Å². The highest BCUT2D eigenvalue weighted by molar-refractivity contribution is 6.04. The maximum Gasteiger partial charge on any atom is 0.338 e. The van der Waals surface area contributed by atoms with E-state index in [1.807, 2.05) is 55.6 Å². The molecule has 2 N–H and O–H groups in total. The van der Waals surface area contributed by atoms with E-state index in [4.69, 9.17) is 4.74 Å². The highest BCUT2D eigenvalue weighted by Gasteiger charge is 2.62. The number of fused-ring (bicyclic) bond motifs is 1. The Morgan fingerprint density at radius 2 is 2.03 bits per heavy atom. The number of ether oxygens (including phenoxy) is 1. The van der Waals surface area contributed by atoms with Crippen LogP contribution in [0.4, 0.5) is 0 Å². The predicted octanol–water partition coefficient (Wildman–Crippen LogP) is 4.93. The number of allylic oxidation sites excluding steroid dienone is 1. The Balaban J connectivity index is 1.62. The molecule has 1 aromatic heterocycles. The summed E-state index contributed by atoms with van der Waals surface area (Å²) in [6, 6.07) is 11.7. The van der Waals surface area contributed by atoms with Gasteiger partial charge in [-0.25, -0.2) is 4.79 Å². The van der Waals surface area contributed by atoms with Crippen molar-refractivity contribution in [2.45, 2.75) is 52.2 Å². The zero-order chi connectivity index (χ0) is 23.8. The number of pyridine rings is 1. The lowest BCUT2D eigenvalue weighted by Crippen LogP contribution is -2.53. The lowest BCUT2D eigenvalue weighted by atomic mass is 9.59. The predicted molar refractivity (Wildman–Crippen MR) is 128 cm³/mol. The molecule has 2 heterocycles. The molecule has 174 valence electrons. The van der Waals surface area contributed by atoms with Gasteiger partial charge < -0.3 is 15.1 Å². The van der Waals surface area contributed by atoms with Crippen LogP contribution in [-0.2, 0) is 9.53 Å². The number of carbonyl (C=O) groups excluding carboxylic acids is 1. The summed E-state index contributed by atoms with van der Waals surface area (Å²) in [7, 11) is 0. The third kappa shape index (κ3) is 4.08. The van der Waals surface area contributed by atoms with Crippen molar-refractivity contribution in [1.82, 2.24) is 4.98 Å². The highest BCUT2D eigenvalue weighted by atomic mass is 16.6. The summed E-state index contributed by atoms with van der Waals surface area (Å²) in [6.07, 6.45) is 7.01. The van der Waals surface area contributed by atoms with Crippen molar-refractivity contribution in [2.75, 3.05) is 0 Å². The van der Waals surface area contributed by atoms with Crippen molar-refractivity contribution in [3.8, 4) is 11.1 Å². The molecular weight excluding hydrogens is 416 g/mol. The number of esters is 1. The van der Waals surface area contributed by atoms with Gasteiger partial charge in [0.25, 0.3) is 0 Å². The number of hydrogen-bond acceptors (Lipinski definition) is 6. The molecule has 33 heavy (non-hydrogen) atoms. The normalized spacial score (nSPS) is 32.1. The van der Waals surface area contributed by atoms with Gasteiger partial charge in [0.1, 0.15) is 6.10 Å². The Morgan fingerprint density at radius 3 is 2.70 bits per heavy atom. The Hall–Kier alpha value is -2.99. The number of rotatable bonds is 5. The second-order valence-corrected chi connectivity index (χ2v) is 9.45. The molecule has 1 saturated heterocycles. The Labute approximate surface area is 195 Å². The number of cyclic esters (lactones) is 1. The number of hydrogen-bond donors (Lipinski definition) is 2. The molecule has 5 unspecified atom stereocenters. The van der Waals surface area contributed by atoms with Gasteiger partial charge >= 0.3 is 5.97 Å². The molecule has 0 amide bonds. The summed E-state index contributed by atoms with van der Waals surface area (Å²) in [5.74, 6) is -0.143. The SMILES string of the molecule is CCC1C(C)CC2(O)C(=O)O[C@H](C)C2C1/C=C/c1ccc(-c2ccccc2/C(C)=N/O)cn1. The number of nitrogens with zero attached hydrogens (tertiary/aromatic N) is 2. The Morgan fingerprint density at radius 1 is 1.27 bits per heavy atom. The van der Waals surface area contributed by atoms with E-state index in [0.717, 1.165) is 28.8 Å². The van der Waals surface area contributed by atoms with Crippen molar-refractivity contribution in [1.29, 1.82) is 0 Å². The molecule has 6 atom stereocenters. The summed E-state index contributed by atoms with van der Waals surface area (Å²) in [5, 5.41) is 23.7. The molecule has 6 heteroatoms. The van der Waals surface area contributed by atoms with E-state index in [-0.39, 0.29) is 23.9 Å². The van der Waals surface area contributed by atoms with Gasteiger partial charge in [-0.3, -0.25) is 4.98 Å². The molecule has 4 rings (SSSR count). The average molecular weight is 449 g/mol. The zero-order valence-corrected chi connectivity index (χ0v) is 19.6. The molecule has 0 spiro atoms. The van der Waals surface area contributed by atoms with E-state index < -0.39 is 11.6 Å². The Bertz CT molecular complexity index is 1080. The second kappa shape index (κ2) is 9.10. The average Bonchev–Trinajstić information content (AvgIpc) is 3.04. The third-order valence-corrected chi connectivity index (χ3v) is 7.50. The van der Waals surface area contributed by atoms with Gasteiger partial charge in [-0.15, -0.1) is 0 Å². The minimum atomic E-state index is -1.41. The van der Waals surface area contributed by atoms with Crippen molar-refractivity contribution in [3.63, 3.8) is 0 Å². The van der Waals surface area contributed by atoms with Crippen LogP contribution in [0.1, 0.15) is 51.8 Å². The highest BCUT2D eigenvalue weighted by Crippen LogP contribution is 2.52. The first kappa shape index (κ1) is 23.2. The van der Waals surface area contributed by atoms with Crippen LogP contribution in [-0.4, -0.2) is 38.7 Å². The van der Waals surface area contributed by atoms with Gasteiger partial charge in [0, 0.05) is 23.2 Å². The molecule has 0 radical (unpaired) electrons. The van der Waals surface area contributed by atoms with E-state index in [1.165, 1.54) is 0 Å². The maximum atomic E-state index is 12.4. The van der Waals surface area contributed by atoms with Gasteiger partial charge in [0.05, 0.1) is 11.4 Å². The van der Waals surface area contributed by atoms with Crippen LogP contribution in [0, 0.1) is 23.7 Å². The zero-order valence-electron chi connectivity index (χ0n) is 19.6. The number of aromatic nitrogens is 1. The summed E-state index contributed by atoms with van der Waals surface area (Å²) >= 11 is 0. The quantitative estimate of drug-likeness (QED) is 0.293. The van der Waals surface area contributed by atoms with Crippen LogP contribution in [0.25, 0.3) is 17.2 Å². The minimum Gasteiger partial charge on any atom is -0.460 e. The standard InChI is InChI=1S/C27H32N2O4/c1-5-21-16(2)14-27(31)25(18(4)33-26(27)30)24(21)13-12-20-11-10-19(15-28-20)23-9-7-6-8-22(23)17(3)29-32/h6-13,15-16,18,21,24-25,31-32H,5,14H2,1-4H3/b13-12+,29-17+/t16?,18-,21?,24?,25?,27?/m1/s1. The molecule has 0 bridgehead atoms. The number of carbonyl (C=O) groups is 1. The number of aliphatic hydroxyl groups is 1. The van der Waals surface area contributed by atoms with Crippen LogP contribution in [0.5, 0.6) is 0 Å². The first-order valence-electron chi connectivity index (χ1n) is 11.7. The summed E-state index contributed by atoms with van der Waals surface area (Å²) in [6.45, 7) is 7.92. The summed E-state index contributed by atoms with van der Waals surface area (Å²) in [4.78, 5) is 17.1. The van der Waals surface area contributed by atoms with Crippen molar-refractivity contribution >= 4 is 17.8 Å². The van der Waals surface area contributed by atoms with Crippen molar-refractivity contribution in [3.05, 3.63) is 59.9 Å². The first-order valence-corrected chi connectivity index (χ1v) is 11.7. The van der Waals surface area contributed by atoms with Gasteiger partial charge in [0.15, 0.2) is 5.60 Å². The molecule has 1 aliphatic heterocycles. The number of benzene rings is 1. The van der Waals surface area contributed by atoms with Gasteiger partial charge in [-0.1, -0.05) is 61.8 Å². The molecule has 6 nitrogen and oxygen atoms in total. The van der Waals surface area contributed by atoms with Gasteiger partial charge in [0.2, 0.25) is 0 Å². The Kier molecular flexibility index (Phi) is 6.39. The monoisotopic (exact) mass is 448 g/mol. The third-order valence-electron chi connectivity index (χ3n) is 7.50. The molecule has 1 aromatic carbocycles. The van der Waals surface area contributed by atoms with Gasteiger partial charge in [-0.2, -0.15) is 0 Å². The topological polar surface area (TPSA) is 92.0 Å². The first-order chi connectivity index (χ1) is 15.8. The fourth-order valence-electron chi connectivity index (χ4n) is 5.92.